The molecule has 2 atom stereocenters. The number of nitrogens with zero attached hydrogens (tertiary/aromatic N) is 3. The number of oxime groups is 1. The number of β-lactam (4-membered cyclic amide) rings is 1. The first-order valence-corrected chi connectivity index (χ1v) is 9.98. The molecule has 1 aromatic heterocycles. The van der Waals surface area contributed by atoms with E-state index < -0.39 is 35.2 Å². The number of nitrogens with two attached hydrogens (primary N) is 1. The Morgan fingerprint density at radius 3 is 2.79 bits per heavy atom. The minimum absolute atomic E-state index is 0.0752. The highest BCUT2D eigenvalue weighted by Gasteiger charge is 2.54. The number of thioether (sulfide) groups is 1. The lowest BCUT2D eigenvalue weighted by atomic mass is 10.0. The number of nitrogens with one attached hydrogen (secondary N) is 1. The van der Waals surface area contributed by atoms with Crippen LogP contribution in [0.25, 0.3) is 0 Å². The van der Waals surface area contributed by atoms with E-state index in [4.69, 9.17) is 5.73 Å². The van der Waals surface area contributed by atoms with Crippen LogP contribution in [0.5, 0.6) is 0 Å². The van der Waals surface area contributed by atoms with Gasteiger partial charge < -0.3 is 21.0 Å². The van der Waals surface area contributed by atoms with Crippen LogP contribution in [0, 0.1) is 0 Å². The smallest absolute Gasteiger partial charge is 0.352 e. The molecular formula is C16H15N5O6S2. The van der Waals surface area contributed by atoms with E-state index in [1.165, 1.54) is 23.2 Å². The van der Waals surface area contributed by atoms with Crippen molar-refractivity contribution in [1.82, 2.24) is 15.2 Å². The number of allylic oxidation sites excluding steroid dienone is 1. The number of aromatic nitrogens is 1. The maximum atomic E-state index is 12.7. The molecule has 3 heterocycles. The van der Waals surface area contributed by atoms with Crippen molar-refractivity contribution in [2.24, 2.45) is 5.16 Å². The fourth-order valence-corrected chi connectivity index (χ4v) is 4.61. The predicted octanol–water partition coefficient (Wildman–Crippen LogP) is -0.0829. The zero-order chi connectivity index (χ0) is 21.3. The number of hydrogen-bond acceptors (Lipinski definition) is 10. The van der Waals surface area contributed by atoms with Crippen molar-refractivity contribution in [2.75, 3.05) is 11.5 Å². The molecule has 4 N–H and O–H groups in total. The average Bonchev–Trinajstić information content (AvgIpc) is 3.10. The van der Waals surface area contributed by atoms with Gasteiger partial charge in [-0.1, -0.05) is 17.8 Å². The summed E-state index contributed by atoms with van der Waals surface area (Å²) in [4.78, 5) is 57.4. The van der Waals surface area contributed by atoms with Gasteiger partial charge in [0.25, 0.3) is 11.8 Å². The summed E-state index contributed by atoms with van der Waals surface area (Å²) in [5.74, 6) is -3.08. The SMILES string of the molecule is C=CC1=C(C(=O)O)N2C(=O)C(NC(=O)C(=NOC(C)=O)c3csc(N)n3)[C@@H]2SC1. The molecule has 0 spiro atoms. The first-order chi connectivity index (χ1) is 13.7. The van der Waals surface area contributed by atoms with E-state index in [1.54, 1.807) is 0 Å². The molecule has 0 radical (unpaired) electrons. The summed E-state index contributed by atoms with van der Waals surface area (Å²) in [5, 5.41) is 16.5. The number of rotatable bonds is 6. The predicted molar refractivity (Wildman–Crippen MR) is 105 cm³/mol. The summed E-state index contributed by atoms with van der Waals surface area (Å²) in [6.45, 7) is 4.68. The minimum atomic E-state index is -1.25. The number of carbonyl (C=O) groups excluding carboxylic acids is 3. The molecule has 11 nitrogen and oxygen atoms in total. The number of thiazole rings is 1. The summed E-state index contributed by atoms with van der Waals surface area (Å²) >= 11 is 2.34. The molecule has 1 saturated heterocycles. The summed E-state index contributed by atoms with van der Waals surface area (Å²) in [6, 6.07) is -0.980. The van der Waals surface area contributed by atoms with E-state index in [0.29, 0.717) is 11.3 Å². The minimum Gasteiger partial charge on any atom is -0.477 e. The maximum Gasteiger partial charge on any atom is 0.352 e. The van der Waals surface area contributed by atoms with Crippen LogP contribution in [0.4, 0.5) is 5.13 Å². The Balaban J connectivity index is 1.82. The third kappa shape index (κ3) is 3.86. The standard InChI is InChI=1S/C16H15N5O6S2/c1-3-7-4-28-14-10(13(24)21(14)11(7)15(25)26)19-12(23)9(20-27-6(2)22)8-5-29-16(17)18-8/h3,5,10,14H,1,4H2,2H3,(H2,17,18)(H,19,23)(H,25,26)/t10?,14-/m0/s1. The van der Waals surface area contributed by atoms with Crippen molar-refractivity contribution >= 4 is 57.7 Å². The molecule has 13 heteroatoms. The highest BCUT2D eigenvalue weighted by atomic mass is 32.2. The molecule has 0 bridgehead atoms. The molecule has 1 unspecified atom stereocenters. The number of hydrogen-bond donors (Lipinski definition) is 3. The summed E-state index contributed by atoms with van der Waals surface area (Å²) in [7, 11) is 0. The molecule has 1 fully saturated rings. The Morgan fingerprint density at radius 1 is 1.52 bits per heavy atom. The van der Waals surface area contributed by atoms with Gasteiger partial charge in [-0.2, -0.15) is 0 Å². The van der Waals surface area contributed by atoms with Crippen LogP contribution in [-0.2, 0) is 24.0 Å². The second kappa shape index (κ2) is 8.05. The van der Waals surface area contributed by atoms with Crippen molar-refractivity contribution in [3.63, 3.8) is 0 Å². The van der Waals surface area contributed by atoms with Gasteiger partial charge in [-0.05, 0) is 5.57 Å². The van der Waals surface area contributed by atoms with Crippen molar-refractivity contribution in [3.05, 3.63) is 35.0 Å². The molecule has 29 heavy (non-hydrogen) atoms. The van der Waals surface area contributed by atoms with Crippen molar-refractivity contribution < 1.29 is 29.1 Å². The molecule has 1 aromatic rings. The summed E-state index contributed by atoms with van der Waals surface area (Å²) < 4.78 is 0. The van der Waals surface area contributed by atoms with E-state index in [1.807, 2.05) is 0 Å². The molecule has 2 amide bonds. The van der Waals surface area contributed by atoms with Gasteiger partial charge in [0.05, 0.1) is 0 Å². The second-order valence-electron chi connectivity index (χ2n) is 5.84. The topological polar surface area (TPSA) is 164 Å². The maximum absolute atomic E-state index is 12.7. The molecule has 3 rings (SSSR count). The number of fused-ring (bicyclic) bond motifs is 1. The average molecular weight is 437 g/mol. The Hall–Kier alpha value is -3.19. The van der Waals surface area contributed by atoms with Crippen LogP contribution in [0.2, 0.25) is 0 Å². The van der Waals surface area contributed by atoms with Crippen molar-refractivity contribution in [1.29, 1.82) is 0 Å². The zero-order valence-corrected chi connectivity index (χ0v) is 16.6. The van der Waals surface area contributed by atoms with Crippen molar-refractivity contribution in [3.8, 4) is 0 Å². The van der Waals surface area contributed by atoms with Gasteiger partial charge >= 0.3 is 11.9 Å². The number of amides is 2. The van der Waals surface area contributed by atoms with Crippen LogP contribution < -0.4 is 11.1 Å². The first-order valence-electron chi connectivity index (χ1n) is 8.06. The highest BCUT2D eigenvalue weighted by Crippen LogP contribution is 2.40. The third-order valence-corrected chi connectivity index (χ3v) is 5.95. The molecule has 152 valence electrons. The largest absolute Gasteiger partial charge is 0.477 e. The normalized spacial score (nSPS) is 21.2. The Labute approximate surface area is 172 Å². The lowest BCUT2D eigenvalue weighted by Gasteiger charge is -2.49. The Kier molecular flexibility index (Phi) is 5.70. The lowest BCUT2D eigenvalue weighted by molar-refractivity contribution is -0.150. The number of aliphatic carboxylic acids is 1. The van der Waals surface area contributed by atoms with E-state index >= 15 is 0 Å². The van der Waals surface area contributed by atoms with E-state index in [9.17, 15) is 24.3 Å². The Bertz CT molecular complexity index is 984. The van der Waals surface area contributed by atoms with Crippen LogP contribution >= 0.6 is 23.1 Å². The molecule has 2 aliphatic rings. The van der Waals surface area contributed by atoms with Crippen LogP contribution in [0.1, 0.15) is 12.6 Å². The van der Waals surface area contributed by atoms with Gasteiger partial charge in [0.1, 0.15) is 22.8 Å². The number of carboxylic acid groups (broad SMARTS) is 1. The number of carboxylic acids is 1. The van der Waals surface area contributed by atoms with Gasteiger partial charge in [-0.15, -0.1) is 23.1 Å². The number of carbonyl (C=O) groups is 4. The lowest BCUT2D eigenvalue weighted by Crippen LogP contribution is -2.71. The van der Waals surface area contributed by atoms with Gasteiger partial charge in [-0.25, -0.2) is 14.6 Å². The molecular weight excluding hydrogens is 422 g/mol. The second-order valence-corrected chi connectivity index (χ2v) is 7.83. The van der Waals surface area contributed by atoms with E-state index in [0.717, 1.165) is 23.2 Å². The van der Waals surface area contributed by atoms with E-state index in [-0.39, 0.29) is 22.2 Å². The van der Waals surface area contributed by atoms with E-state index in [2.05, 4.69) is 26.9 Å². The van der Waals surface area contributed by atoms with Crippen LogP contribution in [0.3, 0.4) is 0 Å². The fourth-order valence-electron chi connectivity index (χ4n) is 2.72. The molecule has 0 saturated carbocycles. The van der Waals surface area contributed by atoms with Crippen molar-refractivity contribution in [2.45, 2.75) is 18.3 Å². The first kappa shape index (κ1) is 20.5. The van der Waals surface area contributed by atoms with Crippen LogP contribution in [-0.4, -0.2) is 61.6 Å². The Morgan fingerprint density at radius 2 is 2.24 bits per heavy atom. The molecule has 2 aliphatic heterocycles. The molecule has 0 aromatic carbocycles. The van der Waals surface area contributed by atoms with Crippen LogP contribution in [0.15, 0.2) is 34.5 Å². The fraction of sp³-hybridized carbons (Fsp3) is 0.250. The number of anilines is 1. The summed E-state index contributed by atoms with van der Waals surface area (Å²) in [6.07, 6.45) is 1.39. The quantitative estimate of drug-likeness (QED) is 0.239. The van der Waals surface area contributed by atoms with Gasteiger partial charge in [0.15, 0.2) is 10.8 Å². The molecule has 0 aliphatic carbocycles. The van der Waals surface area contributed by atoms with Gasteiger partial charge in [0, 0.05) is 18.1 Å². The highest BCUT2D eigenvalue weighted by molar-refractivity contribution is 8.00. The number of nitrogen functional groups attached to an aromatic ring is 1. The summed E-state index contributed by atoms with van der Waals surface area (Å²) in [5.41, 5.74) is 5.58. The zero-order valence-electron chi connectivity index (χ0n) is 14.9. The third-order valence-electron chi connectivity index (χ3n) is 3.98. The monoisotopic (exact) mass is 437 g/mol. The van der Waals surface area contributed by atoms with Gasteiger partial charge in [-0.3, -0.25) is 14.5 Å². The van der Waals surface area contributed by atoms with Gasteiger partial charge in [0.2, 0.25) is 0 Å².